The summed E-state index contributed by atoms with van der Waals surface area (Å²) in [6.45, 7) is 0. The molecule has 2 aromatic carbocycles. The van der Waals surface area contributed by atoms with E-state index in [1.165, 1.54) is 0 Å². The Bertz CT molecular complexity index is 642. The number of hydrogen-bond donors (Lipinski definition) is 0. The molecule has 3 rings (SSSR count). The van der Waals surface area contributed by atoms with Crippen LogP contribution in [0.4, 0.5) is 0 Å². The summed E-state index contributed by atoms with van der Waals surface area (Å²) in [5.74, 6) is 0. The van der Waals surface area contributed by atoms with Crippen molar-refractivity contribution in [3.05, 3.63) is 71.3 Å². The van der Waals surface area contributed by atoms with Gasteiger partial charge in [-0.3, -0.25) is 0 Å². The summed E-state index contributed by atoms with van der Waals surface area (Å²) in [6, 6.07) is 20.4. The lowest BCUT2D eigenvalue weighted by molar-refractivity contribution is 0.888. The van der Waals surface area contributed by atoms with Crippen molar-refractivity contribution in [2.75, 3.05) is 0 Å². The summed E-state index contributed by atoms with van der Waals surface area (Å²) in [5.41, 5.74) is 3.32. The average Bonchev–Trinajstić information content (AvgIpc) is 2.90. The van der Waals surface area contributed by atoms with E-state index in [4.69, 9.17) is 0 Å². The Balaban J connectivity index is 2.10. The molecule has 0 saturated carbocycles. The second-order valence-electron chi connectivity index (χ2n) is 3.97. The van der Waals surface area contributed by atoms with Gasteiger partial charge in [-0.05, 0) is 30.3 Å². The van der Waals surface area contributed by atoms with Gasteiger partial charge < -0.3 is 0 Å². The monoisotopic (exact) mass is 298 g/mol. The molecule has 18 heavy (non-hydrogen) atoms. The van der Waals surface area contributed by atoms with E-state index in [0.29, 0.717) is 0 Å². The molecule has 0 saturated heterocycles. The lowest BCUT2D eigenvalue weighted by Gasteiger charge is -2.07. The van der Waals surface area contributed by atoms with E-state index in [1.807, 2.05) is 59.4 Å². The third-order valence-corrected chi connectivity index (χ3v) is 3.31. The molecule has 88 valence electrons. The number of nitrogens with zero attached hydrogens (tertiary/aromatic N) is 2. The van der Waals surface area contributed by atoms with Gasteiger partial charge in [-0.2, -0.15) is 5.10 Å². The third kappa shape index (κ3) is 2.09. The zero-order valence-electron chi connectivity index (χ0n) is 9.62. The molecule has 0 radical (unpaired) electrons. The molecule has 0 aliphatic carbocycles. The van der Waals surface area contributed by atoms with E-state index in [9.17, 15) is 0 Å². The van der Waals surface area contributed by atoms with Crippen LogP contribution in [-0.4, -0.2) is 9.78 Å². The first-order chi connectivity index (χ1) is 8.84. The van der Waals surface area contributed by atoms with E-state index < -0.39 is 0 Å². The Hall–Kier alpha value is -1.87. The Morgan fingerprint density at radius 3 is 2.28 bits per heavy atom. The molecule has 0 amide bonds. The van der Waals surface area contributed by atoms with Crippen LogP contribution in [0, 0.1) is 0 Å². The van der Waals surface area contributed by atoms with Gasteiger partial charge in [0.2, 0.25) is 0 Å². The number of rotatable bonds is 2. The second kappa shape index (κ2) is 4.78. The topological polar surface area (TPSA) is 17.8 Å². The number of halogens is 1. The van der Waals surface area contributed by atoms with Crippen molar-refractivity contribution >= 4 is 15.9 Å². The molecule has 0 aliphatic heterocycles. The fraction of sp³-hybridized carbons (Fsp3) is 0. The number of aromatic nitrogens is 2. The maximum atomic E-state index is 4.39. The molecule has 2 nitrogen and oxygen atoms in total. The predicted molar refractivity (Wildman–Crippen MR) is 76.7 cm³/mol. The zero-order chi connectivity index (χ0) is 12.4. The van der Waals surface area contributed by atoms with E-state index in [1.54, 1.807) is 0 Å². The van der Waals surface area contributed by atoms with Crippen LogP contribution in [0.3, 0.4) is 0 Å². The van der Waals surface area contributed by atoms with Gasteiger partial charge in [0.1, 0.15) is 0 Å². The first kappa shape index (κ1) is 11.2. The highest BCUT2D eigenvalue weighted by atomic mass is 79.9. The lowest BCUT2D eigenvalue weighted by atomic mass is 10.1. The Morgan fingerprint density at radius 2 is 1.56 bits per heavy atom. The van der Waals surface area contributed by atoms with Gasteiger partial charge in [0.05, 0.1) is 17.6 Å². The molecule has 1 aromatic heterocycles. The second-order valence-corrected chi connectivity index (χ2v) is 4.89. The van der Waals surface area contributed by atoms with Crippen molar-refractivity contribution in [3.63, 3.8) is 0 Å². The smallest absolute Gasteiger partial charge is 0.0740 e. The maximum absolute atomic E-state index is 4.39. The zero-order valence-corrected chi connectivity index (χ0v) is 11.2. The minimum absolute atomic E-state index is 1.06. The molecule has 0 atom stereocenters. The van der Waals surface area contributed by atoms with Crippen molar-refractivity contribution in [2.24, 2.45) is 0 Å². The van der Waals surface area contributed by atoms with Crippen molar-refractivity contribution in [1.29, 1.82) is 0 Å². The van der Waals surface area contributed by atoms with Crippen molar-refractivity contribution in [1.82, 2.24) is 9.78 Å². The van der Waals surface area contributed by atoms with Crippen LogP contribution in [0.25, 0.3) is 16.9 Å². The summed E-state index contributed by atoms with van der Waals surface area (Å²) < 4.78 is 3.02. The fourth-order valence-corrected chi connectivity index (χ4v) is 2.18. The summed E-state index contributed by atoms with van der Waals surface area (Å²) in [6.07, 6.45) is 1.82. The molecule has 0 aliphatic rings. The number of hydrogen-bond acceptors (Lipinski definition) is 1. The van der Waals surface area contributed by atoms with Crippen LogP contribution in [0.2, 0.25) is 0 Å². The summed E-state index contributed by atoms with van der Waals surface area (Å²) in [4.78, 5) is 0. The summed E-state index contributed by atoms with van der Waals surface area (Å²) in [7, 11) is 0. The van der Waals surface area contributed by atoms with Crippen LogP contribution >= 0.6 is 15.9 Å². The lowest BCUT2D eigenvalue weighted by Crippen LogP contribution is -1.98. The minimum atomic E-state index is 1.06. The van der Waals surface area contributed by atoms with Crippen LogP contribution in [0.15, 0.2) is 71.3 Å². The molecule has 3 heteroatoms. The van der Waals surface area contributed by atoms with Gasteiger partial charge in [0, 0.05) is 10.0 Å². The molecule has 0 bridgehead atoms. The highest BCUT2D eigenvalue weighted by molar-refractivity contribution is 9.10. The maximum Gasteiger partial charge on any atom is 0.0740 e. The van der Waals surface area contributed by atoms with E-state index in [2.05, 4.69) is 33.2 Å². The molecule has 0 fully saturated rings. The van der Waals surface area contributed by atoms with E-state index in [0.717, 1.165) is 21.4 Å². The molecule has 0 spiro atoms. The Labute approximate surface area is 114 Å². The van der Waals surface area contributed by atoms with Crippen LogP contribution in [0.5, 0.6) is 0 Å². The first-order valence-electron chi connectivity index (χ1n) is 5.70. The predicted octanol–water partition coefficient (Wildman–Crippen LogP) is 4.30. The van der Waals surface area contributed by atoms with E-state index in [-0.39, 0.29) is 0 Å². The molecular weight excluding hydrogens is 288 g/mol. The molecule has 0 unspecified atom stereocenters. The van der Waals surface area contributed by atoms with Crippen LogP contribution in [0.1, 0.15) is 0 Å². The van der Waals surface area contributed by atoms with Gasteiger partial charge in [-0.15, -0.1) is 0 Å². The molecule has 1 heterocycles. The quantitative estimate of drug-likeness (QED) is 0.690. The van der Waals surface area contributed by atoms with Gasteiger partial charge >= 0.3 is 0 Å². The van der Waals surface area contributed by atoms with Crippen molar-refractivity contribution in [3.8, 4) is 16.9 Å². The van der Waals surface area contributed by atoms with Crippen LogP contribution in [-0.2, 0) is 0 Å². The average molecular weight is 299 g/mol. The highest BCUT2D eigenvalue weighted by Crippen LogP contribution is 2.22. The van der Waals surface area contributed by atoms with Gasteiger partial charge in [0.25, 0.3) is 0 Å². The molecule has 0 N–H and O–H groups in total. The van der Waals surface area contributed by atoms with Crippen molar-refractivity contribution < 1.29 is 0 Å². The normalized spacial score (nSPS) is 10.5. The highest BCUT2D eigenvalue weighted by Gasteiger charge is 2.06. The summed E-state index contributed by atoms with van der Waals surface area (Å²) >= 11 is 3.44. The first-order valence-corrected chi connectivity index (χ1v) is 6.49. The van der Waals surface area contributed by atoms with Gasteiger partial charge in [-0.25, -0.2) is 4.68 Å². The SMILES string of the molecule is Brc1ccc(-n2nccc2-c2ccccc2)cc1. The third-order valence-electron chi connectivity index (χ3n) is 2.78. The Kier molecular flexibility index (Phi) is 2.99. The summed E-state index contributed by atoms with van der Waals surface area (Å²) in [5, 5.41) is 4.39. The molecule has 3 aromatic rings. The van der Waals surface area contributed by atoms with Crippen LogP contribution < -0.4 is 0 Å². The fourth-order valence-electron chi connectivity index (χ4n) is 1.92. The Morgan fingerprint density at radius 1 is 0.833 bits per heavy atom. The standard InChI is InChI=1S/C15H11BrN2/c16-13-6-8-14(9-7-13)18-15(10-11-17-18)12-4-2-1-3-5-12/h1-11H. The van der Waals surface area contributed by atoms with E-state index >= 15 is 0 Å². The minimum Gasteiger partial charge on any atom is -0.233 e. The van der Waals surface area contributed by atoms with Crippen molar-refractivity contribution in [2.45, 2.75) is 0 Å². The van der Waals surface area contributed by atoms with Gasteiger partial charge in [0.15, 0.2) is 0 Å². The molecular formula is C15H11BrN2. The van der Waals surface area contributed by atoms with Gasteiger partial charge in [-0.1, -0.05) is 46.3 Å². The number of benzene rings is 2. The largest absolute Gasteiger partial charge is 0.233 e.